The lowest BCUT2D eigenvalue weighted by molar-refractivity contribution is 0.0830. The number of thioether (sulfide) groups is 1. The van der Waals surface area contributed by atoms with Gasteiger partial charge in [0.1, 0.15) is 0 Å². The van der Waals surface area contributed by atoms with Crippen LogP contribution in [0, 0.1) is 11.8 Å². The lowest BCUT2D eigenvalue weighted by atomic mass is 9.78. The maximum absolute atomic E-state index is 5.97. The van der Waals surface area contributed by atoms with Crippen molar-refractivity contribution < 1.29 is 0 Å². The van der Waals surface area contributed by atoms with E-state index in [2.05, 4.69) is 25.0 Å². The molecule has 3 unspecified atom stereocenters. The molecule has 2 nitrogen and oxygen atoms in total. The van der Waals surface area contributed by atoms with Crippen LogP contribution < -0.4 is 5.73 Å². The fourth-order valence-corrected chi connectivity index (χ4v) is 4.40. The van der Waals surface area contributed by atoms with Gasteiger partial charge in [-0.25, -0.2) is 0 Å². The molecule has 1 aliphatic carbocycles. The molecule has 0 radical (unpaired) electrons. The smallest absolute Gasteiger partial charge is 0.0303 e. The Hall–Kier alpha value is 0.270. The van der Waals surface area contributed by atoms with Gasteiger partial charge in [-0.3, -0.25) is 0 Å². The van der Waals surface area contributed by atoms with E-state index in [-0.39, 0.29) is 0 Å². The predicted octanol–water partition coefficient (Wildman–Crippen LogP) is 2.97. The molecule has 0 spiro atoms. The normalized spacial score (nSPS) is 37.7. The Morgan fingerprint density at radius 1 is 1.17 bits per heavy atom. The van der Waals surface area contributed by atoms with Crippen LogP contribution >= 0.6 is 11.8 Å². The molecule has 2 aliphatic rings. The van der Waals surface area contributed by atoms with E-state index in [0.717, 1.165) is 24.4 Å². The van der Waals surface area contributed by atoms with Crippen molar-refractivity contribution in [3.05, 3.63) is 0 Å². The number of rotatable bonds is 3. The summed E-state index contributed by atoms with van der Waals surface area (Å²) >= 11 is 1.99. The summed E-state index contributed by atoms with van der Waals surface area (Å²) in [6.45, 7) is 8.24. The van der Waals surface area contributed by atoms with E-state index in [9.17, 15) is 0 Å². The highest BCUT2D eigenvalue weighted by atomic mass is 32.2. The summed E-state index contributed by atoms with van der Waals surface area (Å²) in [6, 6.07) is 0.855. The van der Waals surface area contributed by atoms with E-state index in [4.69, 9.17) is 5.73 Å². The zero-order valence-corrected chi connectivity index (χ0v) is 13.1. The summed E-state index contributed by atoms with van der Waals surface area (Å²) in [5.41, 5.74) is 5.97. The second-order valence-corrected chi connectivity index (χ2v) is 7.82. The van der Waals surface area contributed by atoms with Gasteiger partial charge >= 0.3 is 0 Å². The van der Waals surface area contributed by atoms with E-state index in [1.165, 1.54) is 45.2 Å². The van der Waals surface area contributed by atoms with E-state index >= 15 is 0 Å². The first kappa shape index (κ1) is 14.7. The first-order valence-corrected chi connectivity index (χ1v) is 8.82. The van der Waals surface area contributed by atoms with Crippen LogP contribution in [0.3, 0.4) is 0 Å². The topological polar surface area (TPSA) is 29.3 Å². The number of likely N-dealkylation sites (tertiary alicyclic amines) is 1. The van der Waals surface area contributed by atoms with E-state index < -0.39 is 0 Å². The van der Waals surface area contributed by atoms with Crippen LogP contribution in [0.1, 0.15) is 46.0 Å². The second kappa shape index (κ2) is 6.15. The van der Waals surface area contributed by atoms with Crippen LogP contribution in [0.15, 0.2) is 0 Å². The van der Waals surface area contributed by atoms with Crippen molar-refractivity contribution in [2.45, 2.75) is 56.7 Å². The van der Waals surface area contributed by atoms with E-state index in [0.29, 0.717) is 4.75 Å². The minimum Gasteiger partial charge on any atom is -0.329 e. The first-order valence-electron chi connectivity index (χ1n) is 7.59. The lowest BCUT2D eigenvalue weighted by Gasteiger charge is -2.46. The summed E-state index contributed by atoms with van der Waals surface area (Å²) in [7, 11) is 0. The quantitative estimate of drug-likeness (QED) is 0.855. The number of hydrogen-bond donors (Lipinski definition) is 1. The van der Waals surface area contributed by atoms with Gasteiger partial charge in [0.15, 0.2) is 0 Å². The van der Waals surface area contributed by atoms with Crippen molar-refractivity contribution in [1.29, 1.82) is 0 Å². The van der Waals surface area contributed by atoms with Crippen molar-refractivity contribution in [2.75, 3.05) is 25.9 Å². The standard InChI is InChI=1S/C15H30N2S/c1-12-4-5-14(10-13(12)2)17-8-6-15(11-16,18-3)7-9-17/h12-14H,4-11,16H2,1-3H3. The summed E-state index contributed by atoms with van der Waals surface area (Å²) in [5.74, 6) is 1.84. The van der Waals surface area contributed by atoms with E-state index in [1.54, 1.807) is 0 Å². The highest BCUT2D eigenvalue weighted by molar-refractivity contribution is 8.00. The summed E-state index contributed by atoms with van der Waals surface area (Å²) in [6.07, 6.45) is 9.05. The summed E-state index contributed by atoms with van der Waals surface area (Å²) in [5, 5.41) is 0. The molecule has 1 heterocycles. The van der Waals surface area contributed by atoms with Crippen molar-refractivity contribution in [2.24, 2.45) is 17.6 Å². The molecule has 0 aromatic rings. The fourth-order valence-electron chi connectivity index (χ4n) is 3.64. The molecule has 0 amide bonds. The van der Waals surface area contributed by atoms with Crippen LogP contribution in [0.5, 0.6) is 0 Å². The zero-order chi connectivity index (χ0) is 13.2. The van der Waals surface area contributed by atoms with Gasteiger partial charge in [0, 0.05) is 17.3 Å². The Morgan fingerprint density at radius 3 is 2.33 bits per heavy atom. The molecule has 3 atom stereocenters. The molecule has 2 fully saturated rings. The summed E-state index contributed by atoms with van der Waals surface area (Å²) < 4.78 is 0.379. The minimum absolute atomic E-state index is 0.379. The average molecular weight is 270 g/mol. The third-order valence-electron chi connectivity index (χ3n) is 5.60. The molecule has 18 heavy (non-hydrogen) atoms. The molecule has 1 saturated carbocycles. The number of hydrogen-bond acceptors (Lipinski definition) is 3. The molecule has 2 N–H and O–H groups in total. The van der Waals surface area contributed by atoms with Gasteiger partial charge in [-0.15, -0.1) is 0 Å². The number of piperidine rings is 1. The molecule has 1 saturated heterocycles. The maximum atomic E-state index is 5.97. The molecule has 0 aromatic heterocycles. The molecule has 1 aliphatic heterocycles. The number of nitrogens with two attached hydrogens (primary N) is 1. The van der Waals surface area contributed by atoms with Crippen molar-refractivity contribution in [1.82, 2.24) is 4.90 Å². The maximum Gasteiger partial charge on any atom is 0.0303 e. The Bertz CT molecular complexity index is 255. The monoisotopic (exact) mass is 270 g/mol. The Labute approximate surface area is 117 Å². The molecular weight excluding hydrogens is 240 g/mol. The van der Waals surface area contributed by atoms with Crippen molar-refractivity contribution >= 4 is 11.8 Å². The average Bonchev–Trinajstić information content (AvgIpc) is 2.42. The molecule has 0 aromatic carbocycles. The Balaban J connectivity index is 1.86. The highest BCUT2D eigenvalue weighted by Crippen LogP contribution is 2.37. The second-order valence-electron chi connectivity index (χ2n) is 6.55. The third-order valence-corrected chi connectivity index (χ3v) is 7.04. The van der Waals surface area contributed by atoms with Crippen LogP contribution in [-0.2, 0) is 0 Å². The van der Waals surface area contributed by atoms with Gasteiger partial charge in [-0.2, -0.15) is 11.8 Å². The van der Waals surface area contributed by atoms with Gasteiger partial charge in [0.2, 0.25) is 0 Å². The molecular formula is C15H30N2S. The van der Waals surface area contributed by atoms with Gasteiger partial charge in [0.25, 0.3) is 0 Å². The van der Waals surface area contributed by atoms with Gasteiger partial charge in [-0.05, 0) is 63.3 Å². The zero-order valence-electron chi connectivity index (χ0n) is 12.3. The Morgan fingerprint density at radius 2 is 1.83 bits per heavy atom. The fraction of sp³-hybridized carbons (Fsp3) is 1.00. The molecule has 106 valence electrons. The van der Waals surface area contributed by atoms with Crippen LogP contribution in [0.2, 0.25) is 0 Å². The SMILES string of the molecule is CSC1(CN)CCN(C2CCC(C)C(C)C2)CC1. The molecule has 0 bridgehead atoms. The summed E-state index contributed by atoms with van der Waals surface area (Å²) in [4.78, 5) is 2.76. The largest absolute Gasteiger partial charge is 0.329 e. The number of nitrogens with zero attached hydrogens (tertiary/aromatic N) is 1. The van der Waals surface area contributed by atoms with Crippen LogP contribution in [0.25, 0.3) is 0 Å². The van der Waals surface area contributed by atoms with Crippen LogP contribution in [-0.4, -0.2) is 41.6 Å². The van der Waals surface area contributed by atoms with Crippen molar-refractivity contribution in [3.8, 4) is 0 Å². The van der Waals surface area contributed by atoms with Gasteiger partial charge in [-0.1, -0.05) is 13.8 Å². The minimum atomic E-state index is 0.379. The van der Waals surface area contributed by atoms with Crippen molar-refractivity contribution in [3.63, 3.8) is 0 Å². The van der Waals surface area contributed by atoms with E-state index in [1.807, 2.05) is 11.8 Å². The first-order chi connectivity index (χ1) is 8.60. The van der Waals surface area contributed by atoms with Crippen LogP contribution in [0.4, 0.5) is 0 Å². The molecule has 3 heteroatoms. The lowest BCUT2D eigenvalue weighted by Crippen LogP contribution is -2.51. The van der Waals surface area contributed by atoms with Gasteiger partial charge < -0.3 is 10.6 Å². The molecule has 2 rings (SSSR count). The predicted molar refractivity (Wildman–Crippen MR) is 82.1 cm³/mol. The Kier molecular flexibility index (Phi) is 5.01. The van der Waals surface area contributed by atoms with Gasteiger partial charge in [0.05, 0.1) is 0 Å². The third kappa shape index (κ3) is 3.05. The highest BCUT2D eigenvalue weighted by Gasteiger charge is 2.36.